The van der Waals surface area contributed by atoms with Crippen LogP contribution in [0.25, 0.3) is 0 Å². The molecule has 2 amide bonds. The summed E-state index contributed by atoms with van der Waals surface area (Å²) in [7, 11) is 3.33. The standard InChI is InChI=1S/C16H21N5O2/c1-11-7-5-6-8-13(11)12(2)17-16(23)14-9-21(19-18-14)10-15(22)20(3)4/h5-9,12H,10H2,1-4H3,(H,17,23)/t12-/m0/s1. The van der Waals surface area contributed by atoms with E-state index in [4.69, 9.17) is 0 Å². The number of nitrogens with one attached hydrogen (secondary N) is 1. The van der Waals surface area contributed by atoms with Crippen molar-refractivity contribution in [1.29, 1.82) is 0 Å². The summed E-state index contributed by atoms with van der Waals surface area (Å²) in [5, 5.41) is 10.5. The van der Waals surface area contributed by atoms with Crippen LogP contribution < -0.4 is 5.32 Å². The highest BCUT2D eigenvalue weighted by molar-refractivity contribution is 5.92. The number of aromatic nitrogens is 3. The molecule has 0 saturated carbocycles. The summed E-state index contributed by atoms with van der Waals surface area (Å²) in [4.78, 5) is 25.3. The summed E-state index contributed by atoms with van der Waals surface area (Å²) in [6, 6.07) is 7.74. The molecule has 2 aromatic rings. The minimum Gasteiger partial charge on any atom is -0.347 e. The van der Waals surface area contributed by atoms with Crippen molar-refractivity contribution in [1.82, 2.24) is 25.2 Å². The maximum Gasteiger partial charge on any atom is 0.273 e. The van der Waals surface area contributed by atoms with Gasteiger partial charge in [0.05, 0.1) is 12.2 Å². The van der Waals surface area contributed by atoms with Crippen LogP contribution >= 0.6 is 0 Å². The Hall–Kier alpha value is -2.70. The molecule has 0 spiro atoms. The fraction of sp³-hybridized carbons (Fsp3) is 0.375. The monoisotopic (exact) mass is 315 g/mol. The molecule has 0 aliphatic carbocycles. The summed E-state index contributed by atoms with van der Waals surface area (Å²) in [6.07, 6.45) is 1.47. The van der Waals surface area contributed by atoms with E-state index in [1.165, 1.54) is 15.8 Å². The molecule has 0 radical (unpaired) electrons. The van der Waals surface area contributed by atoms with Crippen molar-refractivity contribution in [3.8, 4) is 0 Å². The third-order valence-electron chi connectivity index (χ3n) is 3.57. The first-order valence-corrected chi connectivity index (χ1v) is 7.35. The van der Waals surface area contributed by atoms with Crippen molar-refractivity contribution in [3.05, 3.63) is 47.3 Å². The number of amides is 2. The Morgan fingerprint density at radius 3 is 2.65 bits per heavy atom. The Labute approximate surface area is 135 Å². The minimum atomic E-state index is -0.315. The van der Waals surface area contributed by atoms with E-state index in [0.29, 0.717) is 0 Å². The second-order valence-corrected chi connectivity index (χ2v) is 5.64. The third-order valence-corrected chi connectivity index (χ3v) is 3.57. The highest BCUT2D eigenvalue weighted by Gasteiger charge is 2.16. The number of aryl methyl sites for hydroxylation is 1. The highest BCUT2D eigenvalue weighted by Crippen LogP contribution is 2.16. The minimum absolute atomic E-state index is 0.0562. The van der Waals surface area contributed by atoms with Gasteiger partial charge < -0.3 is 10.2 Å². The second kappa shape index (κ2) is 7.04. The van der Waals surface area contributed by atoms with E-state index < -0.39 is 0 Å². The number of benzene rings is 1. The van der Waals surface area contributed by atoms with Crippen LogP contribution in [0.2, 0.25) is 0 Å². The van der Waals surface area contributed by atoms with E-state index in [9.17, 15) is 9.59 Å². The van der Waals surface area contributed by atoms with Gasteiger partial charge in [-0.1, -0.05) is 29.5 Å². The zero-order valence-electron chi connectivity index (χ0n) is 13.8. The largest absolute Gasteiger partial charge is 0.347 e. The quantitative estimate of drug-likeness (QED) is 0.898. The number of nitrogens with zero attached hydrogens (tertiary/aromatic N) is 4. The van der Waals surface area contributed by atoms with Crippen LogP contribution in [0.1, 0.15) is 34.6 Å². The number of hydrogen-bond acceptors (Lipinski definition) is 4. The zero-order chi connectivity index (χ0) is 17.0. The molecule has 1 aromatic carbocycles. The van der Waals surface area contributed by atoms with Gasteiger partial charge in [-0.05, 0) is 25.0 Å². The Bertz CT molecular complexity index is 708. The molecule has 0 aliphatic rings. The van der Waals surface area contributed by atoms with Gasteiger partial charge in [-0.3, -0.25) is 9.59 Å². The average molecular weight is 315 g/mol. The lowest BCUT2D eigenvalue weighted by Crippen LogP contribution is -2.27. The van der Waals surface area contributed by atoms with E-state index in [-0.39, 0.29) is 30.1 Å². The van der Waals surface area contributed by atoms with E-state index in [2.05, 4.69) is 15.6 Å². The Kier molecular flexibility index (Phi) is 5.10. The van der Waals surface area contributed by atoms with Gasteiger partial charge in [-0.2, -0.15) is 0 Å². The molecular weight excluding hydrogens is 294 g/mol. The van der Waals surface area contributed by atoms with Crippen molar-refractivity contribution in [2.45, 2.75) is 26.4 Å². The third kappa shape index (κ3) is 4.15. The van der Waals surface area contributed by atoms with Crippen molar-refractivity contribution < 1.29 is 9.59 Å². The van der Waals surface area contributed by atoms with Crippen molar-refractivity contribution in [2.75, 3.05) is 14.1 Å². The number of rotatable bonds is 5. The molecular formula is C16H21N5O2. The normalized spacial score (nSPS) is 11.8. The predicted molar refractivity (Wildman–Crippen MR) is 85.8 cm³/mol. The van der Waals surface area contributed by atoms with Crippen LogP contribution in [0.5, 0.6) is 0 Å². The van der Waals surface area contributed by atoms with Crippen LogP contribution in [0, 0.1) is 6.92 Å². The fourth-order valence-corrected chi connectivity index (χ4v) is 2.18. The SMILES string of the molecule is Cc1ccccc1[C@H](C)NC(=O)c1cn(CC(=O)N(C)C)nn1. The van der Waals surface area contributed by atoms with Crippen LogP contribution in [-0.2, 0) is 11.3 Å². The molecule has 7 heteroatoms. The first-order chi connectivity index (χ1) is 10.9. The van der Waals surface area contributed by atoms with Crippen LogP contribution in [-0.4, -0.2) is 45.8 Å². The molecule has 1 atom stereocenters. The number of carbonyl (C=O) groups excluding carboxylic acids is 2. The average Bonchev–Trinajstić information content (AvgIpc) is 2.96. The smallest absolute Gasteiger partial charge is 0.273 e. The molecule has 23 heavy (non-hydrogen) atoms. The molecule has 122 valence electrons. The van der Waals surface area contributed by atoms with Gasteiger partial charge in [0.25, 0.3) is 5.91 Å². The summed E-state index contributed by atoms with van der Waals surface area (Å²) in [6.45, 7) is 3.97. The lowest BCUT2D eigenvalue weighted by molar-refractivity contribution is -0.129. The number of likely N-dealkylation sites (N-methyl/N-ethyl adjacent to an activating group) is 1. The van der Waals surface area contributed by atoms with E-state index in [1.54, 1.807) is 14.1 Å². The van der Waals surface area contributed by atoms with E-state index in [0.717, 1.165) is 11.1 Å². The maximum absolute atomic E-state index is 12.3. The molecule has 1 aromatic heterocycles. The molecule has 0 unspecified atom stereocenters. The van der Waals surface area contributed by atoms with Crippen molar-refractivity contribution in [3.63, 3.8) is 0 Å². The summed E-state index contributed by atoms with van der Waals surface area (Å²) in [5.74, 6) is -0.431. The van der Waals surface area contributed by atoms with Crippen molar-refractivity contribution >= 4 is 11.8 Å². The Balaban J connectivity index is 2.03. The topological polar surface area (TPSA) is 80.1 Å². The summed E-state index contributed by atoms with van der Waals surface area (Å²) in [5.41, 5.74) is 2.36. The van der Waals surface area contributed by atoms with Crippen molar-refractivity contribution in [2.24, 2.45) is 0 Å². The van der Waals surface area contributed by atoms with Gasteiger partial charge in [0.15, 0.2) is 5.69 Å². The van der Waals surface area contributed by atoms with Crippen LogP contribution in [0.3, 0.4) is 0 Å². The second-order valence-electron chi connectivity index (χ2n) is 5.64. The Morgan fingerprint density at radius 1 is 1.30 bits per heavy atom. The van der Waals surface area contributed by atoms with Gasteiger partial charge in [-0.15, -0.1) is 5.10 Å². The van der Waals surface area contributed by atoms with Gasteiger partial charge in [0.2, 0.25) is 5.91 Å². The molecule has 1 heterocycles. The fourth-order valence-electron chi connectivity index (χ4n) is 2.18. The molecule has 7 nitrogen and oxygen atoms in total. The molecule has 1 N–H and O–H groups in total. The zero-order valence-corrected chi connectivity index (χ0v) is 13.8. The van der Waals surface area contributed by atoms with Gasteiger partial charge in [0.1, 0.15) is 6.54 Å². The van der Waals surface area contributed by atoms with Gasteiger partial charge >= 0.3 is 0 Å². The van der Waals surface area contributed by atoms with Crippen LogP contribution in [0.4, 0.5) is 0 Å². The molecule has 0 bridgehead atoms. The first-order valence-electron chi connectivity index (χ1n) is 7.35. The highest BCUT2D eigenvalue weighted by atomic mass is 16.2. The first kappa shape index (κ1) is 16.7. The molecule has 0 fully saturated rings. The van der Waals surface area contributed by atoms with Crippen LogP contribution in [0.15, 0.2) is 30.5 Å². The summed E-state index contributed by atoms with van der Waals surface area (Å²) < 4.78 is 1.36. The number of carbonyl (C=O) groups is 2. The van der Waals surface area contributed by atoms with Gasteiger partial charge in [-0.25, -0.2) is 4.68 Å². The lowest BCUT2D eigenvalue weighted by atomic mass is 10.0. The molecule has 0 saturated heterocycles. The lowest BCUT2D eigenvalue weighted by Gasteiger charge is -2.15. The number of hydrogen-bond donors (Lipinski definition) is 1. The van der Waals surface area contributed by atoms with E-state index in [1.807, 2.05) is 38.1 Å². The summed E-state index contributed by atoms with van der Waals surface area (Å²) >= 11 is 0. The van der Waals surface area contributed by atoms with E-state index >= 15 is 0 Å². The molecule has 0 aliphatic heterocycles. The predicted octanol–water partition coefficient (Wildman–Crippen LogP) is 1.17. The maximum atomic E-state index is 12.3. The Morgan fingerprint density at radius 2 is 2.00 bits per heavy atom. The van der Waals surface area contributed by atoms with Gasteiger partial charge in [0, 0.05) is 14.1 Å². The molecule has 2 rings (SSSR count).